The summed E-state index contributed by atoms with van der Waals surface area (Å²) in [5, 5.41) is 10.9. The molecule has 0 spiro atoms. The lowest BCUT2D eigenvalue weighted by Gasteiger charge is -2.22. The molecule has 2 rings (SSSR count). The van der Waals surface area contributed by atoms with Crippen LogP contribution in [0.25, 0.3) is 0 Å². The van der Waals surface area contributed by atoms with Gasteiger partial charge in [-0.25, -0.2) is 9.48 Å². The third-order valence-electron chi connectivity index (χ3n) is 3.51. The van der Waals surface area contributed by atoms with E-state index in [2.05, 4.69) is 15.6 Å². The van der Waals surface area contributed by atoms with E-state index >= 15 is 0 Å². The van der Waals surface area contributed by atoms with Crippen LogP contribution in [0.2, 0.25) is 0 Å². The minimum Gasteiger partial charge on any atom is -0.444 e. The number of ether oxygens (including phenoxy) is 1. The molecule has 2 amide bonds. The predicted molar refractivity (Wildman–Crippen MR) is 86.9 cm³/mol. The highest BCUT2D eigenvalue weighted by molar-refractivity contribution is 7.98. The molecule has 128 valence electrons. The largest absolute Gasteiger partial charge is 0.444 e. The van der Waals surface area contributed by atoms with Crippen molar-refractivity contribution in [3.8, 4) is 0 Å². The van der Waals surface area contributed by atoms with Crippen LogP contribution in [0.1, 0.15) is 45.3 Å². The lowest BCUT2D eigenvalue weighted by Crippen LogP contribution is -2.36. The van der Waals surface area contributed by atoms with Crippen molar-refractivity contribution in [2.24, 2.45) is 5.73 Å². The van der Waals surface area contributed by atoms with Crippen molar-refractivity contribution >= 4 is 23.8 Å². The Morgan fingerprint density at radius 1 is 1.52 bits per heavy atom. The van der Waals surface area contributed by atoms with Crippen LogP contribution in [0.15, 0.2) is 6.20 Å². The minimum absolute atomic E-state index is 0.350. The number of amides is 2. The average molecular weight is 341 g/mol. The second-order valence-electron chi connectivity index (χ2n) is 6.64. The van der Waals surface area contributed by atoms with E-state index < -0.39 is 23.1 Å². The van der Waals surface area contributed by atoms with Crippen LogP contribution >= 0.6 is 11.8 Å². The molecule has 0 aliphatic heterocycles. The summed E-state index contributed by atoms with van der Waals surface area (Å²) in [6.07, 6.45) is 4.42. The van der Waals surface area contributed by atoms with Crippen LogP contribution in [-0.4, -0.2) is 44.6 Å². The highest BCUT2D eigenvalue weighted by Crippen LogP contribution is 2.42. The van der Waals surface area contributed by atoms with Gasteiger partial charge >= 0.3 is 6.09 Å². The fraction of sp³-hybridized carbons (Fsp3) is 0.714. The third kappa shape index (κ3) is 4.15. The smallest absolute Gasteiger partial charge is 0.408 e. The summed E-state index contributed by atoms with van der Waals surface area (Å²) >= 11 is 1.56. The zero-order chi connectivity index (χ0) is 17.3. The molecule has 0 radical (unpaired) electrons. The lowest BCUT2D eigenvalue weighted by atomic mass is 10.2. The van der Waals surface area contributed by atoms with Crippen molar-refractivity contribution in [2.75, 3.05) is 12.0 Å². The Balaban J connectivity index is 2.11. The molecule has 1 aliphatic carbocycles. The number of rotatable bonds is 6. The summed E-state index contributed by atoms with van der Waals surface area (Å²) in [6, 6.07) is -0.350. The van der Waals surface area contributed by atoms with E-state index in [0.29, 0.717) is 24.3 Å². The zero-order valence-electron chi connectivity index (χ0n) is 13.8. The topological polar surface area (TPSA) is 112 Å². The summed E-state index contributed by atoms with van der Waals surface area (Å²) < 4.78 is 6.78. The van der Waals surface area contributed by atoms with Crippen molar-refractivity contribution in [1.29, 1.82) is 0 Å². The molecule has 1 aromatic heterocycles. The van der Waals surface area contributed by atoms with Gasteiger partial charge in [0.15, 0.2) is 0 Å². The fourth-order valence-corrected chi connectivity index (χ4v) is 2.76. The van der Waals surface area contributed by atoms with Crippen LogP contribution in [-0.2, 0) is 15.1 Å². The second kappa shape index (κ2) is 6.38. The molecule has 3 N–H and O–H groups in total. The summed E-state index contributed by atoms with van der Waals surface area (Å²) in [7, 11) is 0. The van der Waals surface area contributed by atoms with Gasteiger partial charge in [-0.1, -0.05) is 5.21 Å². The molecule has 1 aliphatic rings. The van der Waals surface area contributed by atoms with Crippen molar-refractivity contribution < 1.29 is 14.3 Å². The highest BCUT2D eigenvalue weighted by atomic mass is 32.2. The maximum atomic E-state index is 12.0. The maximum absolute atomic E-state index is 12.0. The molecule has 23 heavy (non-hydrogen) atoms. The number of aromatic nitrogens is 3. The van der Waals surface area contributed by atoms with E-state index in [1.807, 2.05) is 6.26 Å². The molecule has 0 unspecified atom stereocenters. The second-order valence-corrected chi connectivity index (χ2v) is 7.55. The third-order valence-corrected chi connectivity index (χ3v) is 4.18. The first-order chi connectivity index (χ1) is 10.7. The molecular formula is C14H23N5O3S. The normalized spacial score (nSPS) is 17.4. The van der Waals surface area contributed by atoms with Gasteiger partial charge in [-0.3, -0.25) is 4.79 Å². The molecule has 1 atom stereocenters. The first-order valence-corrected chi connectivity index (χ1v) is 8.78. The van der Waals surface area contributed by atoms with Crippen molar-refractivity contribution in [3.05, 3.63) is 11.9 Å². The highest BCUT2D eigenvalue weighted by Gasteiger charge is 2.52. The summed E-state index contributed by atoms with van der Waals surface area (Å²) in [5.41, 5.74) is 4.70. The number of thioether (sulfide) groups is 1. The Kier molecular flexibility index (Phi) is 4.88. The van der Waals surface area contributed by atoms with Crippen LogP contribution in [0.5, 0.6) is 0 Å². The molecule has 8 nitrogen and oxygen atoms in total. The van der Waals surface area contributed by atoms with Gasteiger partial charge in [-0.2, -0.15) is 11.8 Å². The van der Waals surface area contributed by atoms with Crippen LogP contribution in [0, 0.1) is 0 Å². The molecule has 0 aromatic carbocycles. The number of hydrogen-bond acceptors (Lipinski definition) is 6. The van der Waals surface area contributed by atoms with E-state index in [-0.39, 0.29) is 6.04 Å². The number of carbonyl (C=O) groups is 2. The molecule has 1 fully saturated rings. The van der Waals surface area contributed by atoms with Gasteiger partial charge in [0.2, 0.25) is 5.91 Å². The summed E-state index contributed by atoms with van der Waals surface area (Å²) in [4.78, 5) is 23.5. The molecule has 1 aromatic rings. The number of hydrogen-bond donors (Lipinski definition) is 2. The first kappa shape index (κ1) is 17.6. The Morgan fingerprint density at radius 3 is 2.65 bits per heavy atom. The molecule has 0 bridgehead atoms. The number of primary amides is 1. The van der Waals surface area contributed by atoms with Gasteiger partial charge in [-0.05, 0) is 39.9 Å². The van der Waals surface area contributed by atoms with Gasteiger partial charge in [0.1, 0.15) is 16.8 Å². The average Bonchev–Trinajstić information content (AvgIpc) is 3.08. The van der Waals surface area contributed by atoms with Crippen molar-refractivity contribution in [3.63, 3.8) is 0 Å². The summed E-state index contributed by atoms with van der Waals surface area (Å²) in [6.45, 7) is 5.41. The molecule has 1 heterocycles. The van der Waals surface area contributed by atoms with E-state index in [0.717, 1.165) is 0 Å². The molecule has 1 saturated carbocycles. The van der Waals surface area contributed by atoms with E-state index in [1.54, 1.807) is 38.7 Å². The fourth-order valence-electron chi connectivity index (χ4n) is 2.17. The van der Waals surface area contributed by atoms with Gasteiger partial charge in [0.05, 0.1) is 12.2 Å². The quantitative estimate of drug-likeness (QED) is 0.803. The Labute approximate surface area is 139 Å². The van der Waals surface area contributed by atoms with Crippen molar-refractivity contribution in [2.45, 2.75) is 50.8 Å². The zero-order valence-corrected chi connectivity index (χ0v) is 14.6. The number of carbonyl (C=O) groups excluding carboxylic acids is 2. The van der Waals surface area contributed by atoms with Gasteiger partial charge in [-0.15, -0.1) is 5.10 Å². The molecular weight excluding hydrogens is 318 g/mol. The van der Waals surface area contributed by atoms with E-state index in [4.69, 9.17) is 10.5 Å². The number of nitrogens with two attached hydrogens (primary N) is 1. The Morgan fingerprint density at radius 2 is 2.17 bits per heavy atom. The molecule has 9 heteroatoms. The monoisotopic (exact) mass is 341 g/mol. The number of alkyl carbamates (subject to hydrolysis) is 1. The van der Waals surface area contributed by atoms with Crippen LogP contribution < -0.4 is 11.1 Å². The predicted octanol–water partition coefficient (Wildman–Crippen LogP) is 1.18. The SMILES string of the molecule is CSC[C@H](NC(=O)OC(C)(C)C)c1cn(C2(C(N)=O)CC2)nn1. The van der Waals surface area contributed by atoms with Crippen LogP contribution in [0.3, 0.4) is 0 Å². The van der Waals surface area contributed by atoms with Crippen molar-refractivity contribution in [1.82, 2.24) is 20.3 Å². The molecule has 0 saturated heterocycles. The van der Waals surface area contributed by atoms with Gasteiger partial charge in [0, 0.05) is 5.75 Å². The Hall–Kier alpha value is -1.77. The van der Waals surface area contributed by atoms with Gasteiger partial charge in [0.25, 0.3) is 0 Å². The first-order valence-electron chi connectivity index (χ1n) is 7.39. The van der Waals surface area contributed by atoms with E-state index in [1.165, 1.54) is 4.68 Å². The summed E-state index contributed by atoms with van der Waals surface area (Å²) in [5.74, 6) is 0.206. The lowest BCUT2D eigenvalue weighted by molar-refractivity contribution is -0.122. The van der Waals surface area contributed by atoms with Gasteiger partial charge < -0.3 is 15.8 Å². The van der Waals surface area contributed by atoms with Crippen LogP contribution in [0.4, 0.5) is 4.79 Å². The number of nitrogens with one attached hydrogen (secondary N) is 1. The minimum atomic E-state index is -0.749. The van der Waals surface area contributed by atoms with E-state index in [9.17, 15) is 9.59 Å². The number of nitrogens with zero attached hydrogens (tertiary/aromatic N) is 3. The standard InChI is InChI=1S/C14H23N5O3S/c1-13(2,3)22-12(21)16-10(8-23-4)9-7-19(18-17-9)14(5-6-14)11(15)20/h7,10H,5-6,8H2,1-4H3,(H2,15,20)(H,16,21)/t10-/m0/s1. The maximum Gasteiger partial charge on any atom is 0.408 e. The Bertz CT molecular complexity index is 591.